The minimum absolute atomic E-state index is 0.280. The van der Waals surface area contributed by atoms with Gasteiger partial charge in [-0.2, -0.15) is 13.2 Å². The Morgan fingerprint density at radius 3 is 2.55 bits per heavy atom. The fourth-order valence-corrected chi connectivity index (χ4v) is 2.40. The van der Waals surface area contributed by atoms with Gasteiger partial charge in [0.25, 0.3) is 0 Å². The molecule has 2 heterocycles. The Bertz CT molecular complexity index is 616. The lowest BCUT2D eigenvalue weighted by atomic mass is 10.1. The number of rotatable bonds is 2. The number of benzene rings is 1. The van der Waals surface area contributed by atoms with E-state index >= 15 is 0 Å². The SMILES string of the molecule is FC(F)(F)c1ccc([C@@H]2CN(c3cnccn3)CCO2)cc1. The highest BCUT2D eigenvalue weighted by atomic mass is 19.4. The fourth-order valence-electron chi connectivity index (χ4n) is 2.40. The number of hydrogen-bond donors (Lipinski definition) is 0. The number of morpholine rings is 1. The van der Waals surface area contributed by atoms with Crippen molar-refractivity contribution in [2.24, 2.45) is 0 Å². The smallest absolute Gasteiger partial charge is 0.370 e. The lowest BCUT2D eigenvalue weighted by Gasteiger charge is -2.33. The zero-order valence-electron chi connectivity index (χ0n) is 11.6. The molecule has 0 N–H and O–H groups in total. The predicted octanol–water partition coefficient (Wildman–Crippen LogP) is 3.07. The van der Waals surface area contributed by atoms with Crippen LogP contribution in [0.2, 0.25) is 0 Å². The van der Waals surface area contributed by atoms with Crippen LogP contribution in [0, 0.1) is 0 Å². The maximum absolute atomic E-state index is 12.6. The van der Waals surface area contributed by atoms with Gasteiger partial charge in [-0.3, -0.25) is 4.98 Å². The highest BCUT2D eigenvalue weighted by Gasteiger charge is 2.31. The van der Waals surface area contributed by atoms with Crippen LogP contribution in [-0.4, -0.2) is 29.7 Å². The van der Waals surface area contributed by atoms with E-state index in [9.17, 15) is 13.2 Å². The number of hydrogen-bond acceptors (Lipinski definition) is 4. The third-order valence-corrected chi connectivity index (χ3v) is 3.55. The summed E-state index contributed by atoms with van der Waals surface area (Å²) in [4.78, 5) is 10.3. The summed E-state index contributed by atoms with van der Waals surface area (Å²) in [6.45, 7) is 1.70. The zero-order chi connectivity index (χ0) is 15.6. The summed E-state index contributed by atoms with van der Waals surface area (Å²) >= 11 is 0. The van der Waals surface area contributed by atoms with E-state index in [1.165, 1.54) is 12.1 Å². The first-order chi connectivity index (χ1) is 10.5. The Hall–Kier alpha value is -2.15. The highest BCUT2D eigenvalue weighted by Crippen LogP contribution is 2.31. The van der Waals surface area contributed by atoms with Crippen molar-refractivity contribution in [1.82, 2.24) is 9.97 Å². The van der Waals surface area contributed by atoms with Crippen LogP contribution >= 0.6 is 0 Å². The van der Waals surface area contributed by atoms with E-state index in [0.717, 1.165) is 23.5 Å². The molecule has 0 spiro atoms. The summed E-state index contributed by atoms with van der Waals surface area (Å²) in [5.74, 6) is 0.739. The molecule has 1 aromatic carbocycles. The fraction of sp³-hybridized carbons (Fsp3) is 0.333. The van der Waals surface area contributed by atoms with E-state index in [-0.39, 0.29) is 6.10 Å². The molecule has 1 aromatic heterocycles. The minimum atomic E-state index is -4.32. The topological polar surface area (TPSA) is 38.2 Å². The van der Waals surface area contributed by atoms with Crippen molar-refractivity contribution in [1.29, 1.82) is 0 Å². The summed E-state index contributed by atoms with van der Waals surface area (Å²) in [6, 6.07) is 5.10. The Kier molecular flexibility index (Phi) is 3.98. The van der Waals surface area contributed by atoms with Gasteiger partial charge in [0, 0.05) is 25.5 Å². The summed E-state index contributed by atoms with van der Waals surface area (Å²) in [5, 5.41) is 0. The van der Waals surface area contributed by atoms with Gasteiger partial charge in [0.15, 0.2) is 0 Å². The lowest BCUT2D eigenvalue weighted by molar-refractivity contribution is -0.137. The van der Waals surface area contributed by atoms with Crippen LogP contribution in [-0.2, 0) is 10.9 Å². The molecular weight excluding hydrogens is 295 g/mol. The number of halogens is 3. The Morgan fingerprint density at radius 2 is 1.91 bits per heavy atom. The molecule has 7 heteroatoms. The first-order valence-electron chi connectivity index (χ1n) is 6.84. The molecule has 116 valence electrons. The molecule has 0 bridgehead atoms. The Balaban J connectivity index is 1.75. The van der Waals surface area contributed by atoms with Crippen molar-refractivity contribution in [2.75, 3.05) is 24.6 Å². The van der Waals surface area contributed by atoms with Crippen molar-refractivity contribution in [3.8, 4) is 0 Å². The molecule has 0 unspecified atom stereocenters. The van der Waals surface area contributed by atoms with Gasteiger partial charge in [-0.1, -0.05) is 12.1 Å². The molecule has 1 aliphatic heterocycles. The molecule has 0 radical (unpaired) electrons. The van der Waals surface area contributed by atoms with Crippen LogP contribution in [0.5, 0.6) is 0 Å². The number of alkyl halides is 3. The van der Waals surface area contributed by atoms with E-state index in [4.69, 9.17) is 4.74 Å². The molecule has 1 atom stereocenters. The maximum atomic E-state index is 12.6. The molecule has 22 heavy (non-hydrogen) atoms. The summed E-state index contributed by atoms with van der Waals surface area (Å²) in [5.41, 5.74) is 0.0689. The second kappa shape index (κ2) is 5.92. The van der Waals surface area contributed by atoms with Crippen LogP contribution < -0.4 is 4.90 Å². The molecule has 1 fully saturated rings. The monoisotopic (exact) mass is 309 g/mol. The average Bonchev–Trinajstić information content (AvgIpc) is 2.55. The van der Waals surface area contributed by atoms with Crippen molar-refractivity contribution < 1.29 is 17.9 Å². The van der Waals surface area contributed by atoms with Crippen LogP contribution in [0.3, 0.4) is 0 Å². The number of nitrogens with zero attached hydrogens (tertiary/aromatic N) is 3. The van der Waals surface area contributed by atoms with Gasteiger partial charge in [0.1, 0.15) is 11.9 Å². The number of aromatic nitrogens is 2. The van der Waals surface area contributed by atoms with E-state index in [1.54, 1.807) is 18.6 Å². The number of ether oxygens (including phenoxy) is 1. The van der Waals surface area contributed by atoms with E-state index in [2.05, 4.69) is 9.97 Å². The normalized spacial score (nSPS) is 19.2. The summed E-state index contributed by atoms with van der Waals surface area (Å²) in [6.07, 6.45) is 0.264. The predicted molar refractivity (Wildman–Crippen MR) is 74.4 cm³/mol. The number of anilines is 1. The Labute approximate surface area is 125 Å². The van der Waals surface area contributed by atoms with Gasteiger partial charge in [-0.25, -0.2) is 4.98 Å². The van der Waals surface area contributed by atoms with Crippen molar-refractivity contribution >= 4 is 5.82 Å². The van der Waals surface area contributed by atoms with Gasteiger partial charge in [0.2, 0.25) is 0 Å². The third kappa shape index (κ3) is 3.19. The largest absolute Gasteiger partial charge is 0.416 e. The zero-order valence-corrected chi connectivity index (χ0v) is 11.6. The Morgan fingerprint density at radius 1 is 1.14 bits per heavy atom. The van der Waals surface area contributed by atoms with Crippen LogP contribution in [0.4, 0.5) is 19.0 Å². The van der Waals surface area contributed by atoms with Gasteiger partial charge >= 0.3 is 6.18 Å². The van der Waals surface area contributed by atoms with Gasteiger partial charge in [-0.15, -0.1) is 0 Å². The lowest BCUT2D eigenvalue weighted by Crippen LogP contribution is -2.38. The molecule has 1 saturated heterocycles. The third-order valence-electron chi connectivity index (χ3n) is 3.55. The molecule has 2 aromatic rings. The standard InChI is InChI=1S/C15H14F3N3O/c16-15(17,18)12-3-1-11(2-4-12)13-10-21(7-8-22-13)14-9-19-5-6-20-14/h1-6,9,13H,7-8,10H2/t13-/m0/s1. The van der Waals surface area contributed by atoms with Crippen molar-refractivity contribution in [2.45, 2.75) is 12.3 Å². The first-order valence-corrected chi connectivity index (χ1v) is 6.84. The summed E-state index contributed by atoms with van der Waals surface area (Å²) < 4.78 is 43.4. The first kappa shape index (κ1) is 14.8. The molecule has 4 nitrogen and oxygen atoms in total. The van der Waals surface area contributed by atoms with Crippen LogP contribution in [0.15, 0.2) is 42.9 Å². The van der Waals surface area contributed by atoms with Gasteiger partial charge in [-0.05, 0) is 17.7 Å². The second-order valence-electron chi connectivity index (χ2n) is 4.99. The van der Waals surface area contributed by atoms with Crippen molar-refractivity contribution in [3.63, 3.8) is 0 Å². The second-order valence-corrected chi connectivity index (χ2v) is 4.99. The molecule has 0 amide bonds. The van der Waals surface area contributed by atoms with Crippen molar-refractivity contribution in [3.05, 3.63) is 54.0 Å². The molecule has 0 aliphatic carbocycles. The van der Waals surface area contributed by atoms with E-state index < -0.39 is 11.7 Å². The minimum Gasteiger partial charge on any atom is -0.370 e. The van der Waals surface area contributed by atoms with E-state index in [0.29, 0.717) is 19.7 Å². The van der Waals surface area contributed by atoms with Gasteiger partial charge < -0.3 is 9.64 Å². The quantitative estimate of drug-likeness (QED) is 0.854. The van der Waals surface area contributed by atoms with Gasteiger partial charge in [0.05, 0.1) is 18.4 Å². The van der Waals surface area contributed by atoms with Crippen LogP contribution in [0.1, 0.15) is 17.2 Å². The summed E-state index contributed by atoms with van der Waals surface area (Å²) in [7, 11) is 0. The molecule has 1 aliphatic rings. The maximum Gasteiger partial charge on any atom is 0.416 e. The molecule has 3 rings (SSSR count). The molecule has 0 saturated carbocycles. The van der Waals surface area contributed by atoms with E-state index in [1.807, 2.05) is 4.90 Å². The highest BCUT2D eigenvalue weighted by molar-refractivity contribution is 5.37. The van der Waals surface area contributed by atoms with Crippen LogP contribution in [0.25, 0.3) is 0 Å². The molecular formula is C15H14F3N3O. The average molecular weight is 309 g/mol.